The molecule has 5 aliphatic carbocycles. The average Bonchev–Trinajstić information content (AvgIpc) is 1.08. The summed E-state index contributed by atoms with van der Waals surface area (Å²) in [5, 5.41) is 20.6. The fourth-order valence-corrected chi connectivity index (χ4v) is 17.1. The minimum Gasteiger partial charge on any atom is -0.444 e. The number of H-pyrrole nitrogens is 1. The molecule has 6 fully saturated rings. The number of pyridine rings is 3. The van der Waals surface area contributed by atoms with E-state index >= 15 is 0 Å². The molecule has 28 heteroatoms. The van der Waals surface area contributed by atoms with Crippen LogP contribution in [0.25, 0.3) is 54.6 Å². The van der Waals surface area contributed by atoms with Crippen molar-refractivity contribution in [2.45, 2.75) is 290 Å². The number of carbonyl (C=O) groups is 5. The topological polar surface area (TPSA) is 354 Å². The van der Waals surface area contributed by atoms with E-state index in [4.69, 9.17) is 26.8 Å². The number of aromatic nitrogens is 11. The van der Waals surface area contributed by atoms with Crippen molar-refractivity contribution in [3.8, 4) is 0 Å². The van der Waals surface area contributed by atoms with Crippen LogP contribution in [0, 0.1) is 55.4 Å². The molecule has 5 saturated carbocycles. The molecular weight excluding hydrogens is 1690 g/mol. The van der Waals surface area contributed by atoms with Gasteiger partial charge in [-0.15, -0.1) is 0 Å². The molecule has 0 radical (unpaired) electrons. The van der Waals surface area contributed by atoms with E-state index in [-0.39, 0.29) is 112 Å². The number of rotatable bonds is 20. The zero-order chi connectivity index (χ0) is 92.0. The average molecular weight is 1830 g/mol. The maximum atomic E-state index is 13.5. The number of nitrogens with two attached hydrogens (primary N) is 1. The SMILES string of the molecule is C.C.C.C.Cc1cccc(C)c1C(=O)Cl.Cc1cccc(C)c1C(=O)NC1CC1.Cc1cccc(CC(=O)C(C)NC(=O)OC(C)(C)C)c1C(=O)NC1CC1.Cc1cccc2cc([C@H](C)N)n(C3CC3)c(=O)c12.Cc1cccc2cc([C@H](C)Nc3ncnc4c3ncn4C3CCCCO3)n(C3CC3)c(=O)c12.Cc1cccc2cc([C@H](C)Nc3ncnc4nc[nH]c34)n(C3CC3)c(=O)c12. The molecule has 0 bridgehead atoms. The van der Waals surface area contributed by atoms with Crippen molar-refractivity contribution in [1.82, 2.24) is 69.1 Å². The second-order valence-corrected chi connectivity index (χ2v) is 36.5. The molecule has 27 nitrogen and oxygen atoms in total. The van der Waals surface area contributed by atoms with Crippen LogP contribution >= 0.6 is 11.6 Å². The van der Waals surface area contributed by atoms with Crippen LogP contribution in [0.3, 0.4) is 0 Å². The van der Waals surface area contributed by atoms with Gasteiger partial charge in [0.2, 0.25) is 0 Å². The molecule has 0 spiro atoms. The minimum absolute atomic E-state index is 0. The molecule has 706 valence electrons. The Bertz CT molecular complexity index is 6540. The zero-order valence-corrected chi connectivity index (χ0v) is 77.1. The van der Waals surface area contributed by atoms with Crippen LogP contribution in [-0.4, -0.2) is 112 Å². The molecule has 1 aliphatic heterocycles. The summed E-state index contributed by atoms with van der Waals surface area (Å²) >= 11 is 5.37. The number of alkyl carbamates (subject to hydrolysis) is 1. The van der Waals surface area contributed by atoms with Crippen molar-refractivity contribution >= 4 is 107 Å². The molecule has 7 aromatic heterocycles. The summed E-state index contributed by atoms with van der Waals surface area (Å²) < 4.78 is 19.0. The fraction of sp³-hybridized carbons (Fsp3) is 0.429. The number of Topliss-reactive ketones (excluding diaryl/α,β-unsaturated/α-hetero) is 1. The lowest BCUT2D eigenvalue weighted by atomic mass is 9.95. The predicted molar refractivity (Wildman–Crippen MR) is 535 cm³/mol. The van der Waals surface area contributed by atoms with E-state index in [0.29, 0.717) is 52.1 Å². The van der Waals surface area contributed by atoms with Crippen LogP contribution in [0.1, 0.15) is 302 Å². The Hall–Kier alpha value is -12.6. The van der Waals surface area contributed by atoms with Gasteiger partial charge in [-0.3, -0.25) is 38.1 Å². The summed E-state index contributed by atoms with van der Waals surface area (Å²) in [4.78, 5) is 128. The van der Waals surface area contributed by atoms with Crippen molar-refractivity contribution in [3.63, 3.8) is 0 Å². The van der Waals surface area contributed by atoms with Crippen LogP contribution in [0.4, 0.5) is 16.4 Å². The van der Waals surface area contributed by atoms with Crippen LogP contribution < -0.4 is 49.0 Å². The third kappa shape index (κ3) is 24.7. The first kappa shape index (κ1) is 103. The Morgan fingerprint density at radius 1 is 0.511 bits per heavy atom. The monoisotopic (exact) mass is 1830 g/mol. The van der Waals surface area contributed by atoms with Gasteiger partial charge in [-0.1, -0.05) is 139 Å². The highest BCUT2D eigenvalue weighted by atomic mass is 35.5. The Labute approximate surface area is 785 Å². The van der Waals surface area contributed by atoms with Gasteiger partial charge < -0.3 is 60.5 Å². The van der Waals surface area contributed by atoms with Crippen molar-refractivity contribution < 1.29 is 33.4 Å². The number of carbonyl (C=O) groups excluding carboxylic acids is 5. The summed E-state index contributed by atoms with van der Waals surface area (Å²) in [6.45, 7) is 29.3. The van der Waals surface area contributed by atoms with Crippen LogP contribution in [0.5, 0.6) is 0 Å². The van der Waals surface area contributed by atoms with Crippen molar-refractivity contribution in [3.05, 3.63) is 268 Å². The highest BCUT2D eigenvalue weighted by Crippen LogP contribution is 2.41. The van der Waals surface area contributed by atoms with Gasteiger partial charge in [-0.25, -0.2) is 34.7 Å². The third-order valence-corrected chi connectivity index (χ3v) is 24.4. The van der Waals surface area contributed by atoms with E-state index in [2.05, 4.69) is 93.5 Å². The third-order valence-electron chi connectivity index (χ3n) is 24.2. The van der Waals surface area contributed by atoms with Gasteiger partial charge in [0.25, 0.3) is 33.7 Å². The lowest BCUT2D eigenvalue weighted by Gasteiger charge is -2.24. The van der Waals surface area contributed by atoms with Gasteiger partial charge in [-0.05, 0) is 283 Å². The normalized spacial score (nSPS) is 15.7. The van der Waals surface area contributed by atoms with Gasteiger partial charge in [0.1, 0.15) is 30.0 Å². The number of anilines is 2. The molecule has 3 amide bonds. The van der Waals surface area contributed by atoms with Crippen molar-refractivity contribution in [1.29, 1.82) is 0 Å². The molecule has 1 saturated heterocycles. The molecule has 133 heavy (non-hydrogen) atoms. The Kier molecular flexibility index (Phi) is 34.1. The minimum atomic E-state index is -0.704. The highest BCUT2D eigenvalue weighted by Gasteiger charge is 2.35. The summed E-state index contributed by atoms with van der Waals surface area (Å²) in [6, 6.07) is 42.0. The van der Waals surface area contributed by atoms with Gasteiger partial charge in [0.15, 0.2) is 34.2 Å². The molecule has 19 rings (SSSR count). The maximum absolute atomic E-state index is 13.5. The molecule has 2 unspecified atom stereocenters. The zero-order valence-electron chi connectivity index (χ0n) is 76.3. The van der Waals surface area contributed by atoms with E-state index in [1.807, 2.05) is 184 Å². The fourth-order valence-electron chi connectivity index (χ4n) is 16.8. The van der Waals surface area contributed by atoms with Gasteiger partial charge in [-0.2, -0.15) is 0 Å². The summed E-state index contributed by atoms with van der Waals surface area (Å²) in [5.41, 5.74) is 22.1. The largest absolute Gasteiger partial charge is 0.444 e. The molecule has 8 N–H and O–H groups in total. The number of aryl methyl sites for hydroxylation is 8. The van der Waals surface area contributed by atoms with Crippen molar-refractivity contribution in [2.24, 2.45) is 5.73 Å². The van der Waals surface area contributed by atoms with Gasteiger partial charge in [0, 0.05) is 83.1 Å². The van der Waals surface area contributed by atoms with Crippen LogP contribution in [0.2, 0.25) is 0 Å². The number of ether oxygens (including phenoxy) is 2. The van der Waals surface area contributed by atoms with E-state index in [9.17, 15) is 38.4 Å². The lowest BCUT2D eigenvalue weighted by molar-refractivity contribution is -0.120. The molecule has 13 aromatic rings. The Morgan fingerprint density at radius 2 is 0.932 bits per heavy atom. The lowest BCUT2D eigenvalue weighted by Crippen LogP contribution is -2.42. The Morgan fingerprint density at radius 3 is 1.38 bits per heavy atom. The number of nitrogens with zero attached hydrogens (tertiary/aromatic N) is 10. The molecule has 5 atom stereocenters. The number of halogens is 1. The molecular formula is C105H134ClN17O10. The number of ketones is 1. The van der Waals surface area contributed by atoms with Crippen molar-refractivity contribution in [2.75, 3.05) is 17.2 Å². The first-order chi connectivity index (χ1) is 61.7. The van der Waals surface area contributed by atoms with E-state index in [1.165, 1.54) is 6.33 Å². The highest BCUT2D eigenvalue weighted by molar-refractivity contribution is 6.68. The van der Waals surface area contributed by atoms with Crippen LogP contribution in [-0.2, 0) is 20.7 Å². The quantitative estimate of drug-likeness (QED) is 0.0349. The number of imidazole rings is 2. The summed E-state index contributed by atoms with van der Waals surface area (Å²) in [5.74, 6) is 1.12. The number of hydrogen-bond acceptors (Lipinski definition) is 19. The van der Waals surface area contributed by atoms with Gasteiger partial charge >= 0.3 is 6.09 Å². The smallest absolute Gasteiger partial charge is 0.408 e. The number of benzene rings is 6. The second-order valence-electron chi connectivity index (χ2n) is 36.2. The predicted octanol–water partition coefficient (Wildman–Crippen LogP) is 21.1. The van der Waals surface area contributed by atoms with E-state index in [0.717, 1.165) is 206 Å². The molecule has 6 aromatic carbocycles. The summed E-state index contributed by atoms with van der Waals surface area (Å²) in [7, 11) is 0. The summed E-state index contributed by atoms with van der Waals surface area (Å²) in [6.07, 6.45) is 19.7. The standard InChI is InChI=1S/C25H28N6O2.C20H20N6O.C20H28N2O4.C15H18N2O.C12H15NO.C9H9ClO.4CH4/c1-15-6-5-7-17-12-19(31(18-9-10-18)25(32)21(15)17)16(2)29-23-22-24(27-13-26-23)30(14-28-22)20-8-3-4-11-33-20;1-11-4-3-5-13-8-15(26(14-6-7-14)20(27)16(11)13)12(2)25-19-17-18(22-9-21-17)23-10-24-19;1-12-7-6-8-14(17(12)18(24)22-15-9-10-15)11-16(23)13(2)21-19(25)26-20(3,4)5;1-9-4-3-5-11-8-13(10(2)16)17(12-6-7-12)15(18)14(9)11;1-8-4-3-5-9(2)11(8)12(14)13-10-6-7-10;1-6-4-3-5-7(2)8(6)9(10)11;;;;/h5-7,12-14,16,18,20H,3-4,8-11H2,1-2H3,(H,26,27,29);3-5,8-10,12,14H,6-7H2,1-2H3,(H2,21,22,23,24,25);6-8,13,15H,9-11H2,1-5H3,(H,21,25)(H,22,24);3-5,8,10,12H,6-7,16H2,1-2H3;3-5,10H,6-7H2,1-2H3,(H,13,14);3-5H,1-2H3;4*1H4/t16-,20?;12-;;10-;;;;;;/m00.0....../s1. The first-order valence-corrected chi connectivity index (χ1v) is 45.3. The number of aromatic amines is 1. The number of fused-ring (bicyclic) bond motifs is 5. The van der Waals surface area contributed by atoms with Crippen LogP contribution in [0.15, 0.2) is 167 Å². The van der Waals surface area contributed by atoms with E-state index in [1.54, 1.807) is 52.7 Å². The number of hydrogen-bond donors (Lipinski definition) is 7. The Balaban J connectivity index is 0.000000170. The van der Waals surface area contributed by atoms with Gasteiger partial charge in [0.05, 0.1) is 46.9 Å². The second kappa shape index (κ2) is 44.3. The first-order valence-electron chi connectivity index (χ1n) is 44.9. The number of nitrogens with one attached hydrogen (secondary N) is 6. The van der Waals surface area contributed by atoms with E-state index < -0.39 is 17.7 Å². The molecule has 6 aliphatic rings. The molecule has 8 heterocycles. The number of amides is 3. The maximum Gasteiger partial charge on any atom is 0.408 e.